The quantitative estimate of drug-likeness (QED) is 0.227. The lowest BCUT2D eigenvalue weighted by Gasteiger charge is -2.36. The zero-order valence-electron chi connectivity index (χ0n) is 6.66. The number of rotatable bonds is 1. The predicted molar refractivity (Wildman–Crippen MR) is 39.2 cm³/mol. The minimum atomic E-state index is -2.21. The molecule has 7 heteroatoms. The molecule has 1 fully saturated rings. The fraction of sp³-hybridized carbons (Fsp3) is 0.833. The third kappa shape index (κ3) is 1.64. The Morgan fingerprint density at radius 1 is 1.54 bits per heavy atom. The average molecular weight is 193 g/mol. The number of nitrogens with zero attached hydrogens (tertiary/aromatic N) is 1. The third-order valence-electron chi connectivity index (χ3n) is 1.86. The molecule has 0 radical (unpaired) electrons. The van der Waals surface area contributed by atoms with Gasteiger partial charge in [0, 0.05) is 0 Å². The summed E-state index contributed by atoms with van der Waals surface area (Å²) >= 11 is 0. The maximum absolute atomic E-state index is 9.39. The van der Waals surface area contributed by atoms with Gasteiger partial charge >= 0.3 is 0 Å². The summed E-state index contributed by atoms with van der Waals surface area (Å²) in [6, 6.07) is 0. The summed E-state index contributed by atoms with van der Waals surface area (Å²) in [4.78, 5) is 0. The van der Waals surface area contributed by atoms with Crippen molar-refractivity contribution in [1.82, 2.24) is 0 Å². The van der Waals surface area contributed by atoms with E-state index in [1.54, 1.807) is 0 Å². The van der Waals surface area contributed by atoms with Crippen molar-refractivity contribution in [3.63, 3.8) is 0 Å². The second-order valence-corrected chi connectivity index (χ2v) is 2.75. The predicted octanol–water partition coefficient (Wildman–Crippen LogP) is -2.75. The van der Waals surface area contributed by atoms with Crippen molar-refractivity contribution in [3.05, 3.63) is 0 Å². The summed E-state index contributed by atoms with van der Waals surface area (Å²) in [6.07, 6.45) is -2.83. The summed E-state index contributed by atoms with van der Waals surface area (Å²) in [7, 11) is 0. The first-order valence-electron chi connectivity index (χ1n) is 3.61. The highest BCUT2D eigenvalue weighted by atomic mass is 16.6. The number of hydrogen-bond donors (Lipinski definition) is 5. The van der Waals surface area contributed by atoms with Crippen molar-refractivity contribution in [2.75, 3.05) is 13.2 Å². The number of aliphatic hydroxyl groups is 4. The first-order chi connectivity index (χ1) is 6.05. The zero-order chi connectivity index (χ0) is 10.1. The van der Waals surface area contributed by atoms with E-state index in [9.17, 15) is 10.2 Å². The molecule has 0 amide bonds. The number of ether oxygens (including phenoxy) is 1. The van der Waals surface area contributed by atoms with Crippen LogP contribution < -0.4 is 0 Å². The van der Waals surface area contributed by atoms with E-state index in [0.717, 1.165) is 0 Å². The molecule has 1 saturated heterocycles. The van der Waals surface area contributed by atoms with Crippen LogP contribution in [0.25, 0.3) is 0 Å². The Morgan fingerprint density at radius 3 is 2.62 bits per heavy atom. The Morgan fingerprint density at radius 2 is 2.15 bits per heavy atom. The molecular formula is C6H11NO6. The molecule has 1 rings (SSSR count). The SMILES string of the molecule is OCC1(O)OC[C@@H](O)[C@@H](O)C1=NO. The van der Waals surface area contributed by atoms with Crippen LogP contribution in [0, 0.1) is 0 Å². The molecule has 0 aliphatic carbocycles. The number of aliphatic hydroxyl groups excluding tert-OH is 3. The fourth-order valence-electron chi connectivity index (χ4n) is 1.07. The van der Waals surface area contributed by atoms with Gasteiger partial charge in [0.1, 0.15) is 24.5 Å². The van der Waals surface area contributed by atoms with Crippen LogP contribution in [0.2, 0.25) is 0 Å². The first-order valence-corrected chi connectivity index (χ1v) is 3.61. The lowest BCUT2D eigenvalue weighted by atomic mass is 9.98. The molecule has 1 heterocycles. The Kier molecular flexibility index (Phi) is 2.84. The van der Waals surface area contributed by atoms with Gasteiger partial charge in [-0.15, -0.1) is 0 Å². The average Bonchev–Trinajstić information content (AvgIpc) is 2.13. The standard InChI is InChI=1S/C6H11NO6/c8-2-6(11)5(7-12)4(10)3(9)1-13-6/h3-4,8-12H,1-2H2/t3-,4-,6?/m1/s1. The van der Waals surface area contributed by atoms with E-state index in [1.807, 2.05) is 0 Å². The first kappa shape index (κ1) is 10.4. The molecule has 0 aromatic heterocycles. The van der Waals surface area contributed by atoms with E-state index in [2.05, 4.69) is 9.89 Å². The van der Waals surface area contributed by atoms with Crippen LogP contribution >= 0.6 is 0 Å². The second kappa shape index (κ2) is 3.56. The monoisotopic (exact) mass is 193 g/mol. The highest BCUT2D eigenvalue weighted by Crippen LogP contribution is 2.20. The van der Waals surface area contributed by atoms with Crippen LogP contribution in [-0.4, -0.2) is 62.6 Å². The summed E-state index contributed by atoms with van der Waals surface area (Å²) in [6.45, 7) is -1.21. The molecule has 1 unspecified atom stereocenters. The molecule has 0 saturated carbocycles. The highest BCUT2D eigenvalue weighted by molar-refractivity contribution is 5.95. The van der Waals surface area contributed by atoms with Gasteiger partial charge in [0.05, 0.1) is 6.61 Å². The molecule has 5 N–H and O–H groups in total. The number of hydrogen-bond acceptors (Lipinski definition) is 7. The van der Waals surface area contributed by atoms with E-state index < -0.39 is 30.3 Å². The van der Waals surface area contributed by atoms with E-state index in [0.29, 0.717) is 0 Å². The highest BCUT2D eigenvalue weighted by Gasteiger charge is 2.46. The molecule has 7 nitrogen and oxygen atoms in total. The molecule has 1 aliphatic rings. The van der Waals surface area contributed by atoms with Crippen molar-refractivity contribution in [2.45, 2.75) is 18.0 Å². The van der Waals surface area contributed by atoms with Crippen LogP contribution in [-0.2, 0) is 4.74 Å². The zero-order valence-corrected chi connectivity index (χ0v) is 6.66. The largest absolute Gasteiger partial charge is 0.411 e. The molecule has 13 heavy (non-hydrogen) atoms. The topological polar surface area (TPSA) is 123 Å². The molecular weight excluding hydrogens is 182 g/mol. The summed E-state index contributed by atoms with van der Waals surface area (Å²) in [5, 5.41) is 47.3. The smallest absolute Gasteiger partial charge is 0.236 e. The Labute approximate surface area is 73.5 Å². The normalized spacial score (nSPS) is 43.8. The van der Waals surface area contributed by atoms with E-state index in [-0.39, 0.29) is 6.61 Å². The minimum absolute atomic E-state index is 0.350. The van der Waals surface area contributed by atoms with Crippen LogP contribution in [0.3, 0.4) is 0 Å². The van der Waals surface area contributed by atoms with Crippen molar-refractivity contribution in [2.24, 2.45) is 5.16 Å². The summed E-state index contributed by atoms with van der Waals surface area (Å²) < 4.78 is 4.61. The van der Waals surface area contributed by atoms with Gasteiger partial charge in [0.2, 0.25) is 5.79 Å². The summed E-state index contributed by atoms with van der Waals surface area (Å²) in [5.74, 6) is -2.21. The maximum atomic E-state index is 9.39. The van der Waals surface area contributed by atoms with Gasteiger partial charge in [-0.25, -0.2) is 0 Å². The van der Waals surface area contributed by atoms with Crippen molar-refractivity contribution >= 4 is 5.71 Å². The Hall–Kier alpha value is -0.730. The minimum Gasteiger partial charge on any atom is -0.411 e. The van der Waals surface area contributed by atoms with Crippen molar-refractivity contribution in [1.29, 1.82) is 0 Å². The van der Waals surface area contributed by atoms with Crippen LogP contribution in [0.1, 0.15) is 0 Å². The molecule has 1 aliphatic heterocycles. The van der Waals surface area contributed by atoms with Crippen LogP contribution in [0.5, 0.6) is 0 Å². The van der Waals surface area contributed by atoms with Crippen LogP contribution in [0.15, 0.2) is 5.16 Å². The Balaban J connectivity index is 2.91. The molecule has 0 spiro atoms. The second-order valence-electron chi connectivity index (χ2n) is 2.75. The van der Waals surface area contributed by atoms with Gasteiger partial charge in [-0.1, -0.05) is 5.16 Å². The van der Waals surface area contributed by atoms with Gasteiger partial charge in [-0.05, 0) is 0 Å². The van der Waals surface area contributed by atoms with Crippen molar-refractivity contribution < 1.29 is 30.4 Å². The van der Waals surface area contributed by atoms with Gasteiger partial charge in [-0.2, -0.15) is 0 Å². The van der Waals surface area contributed by atoms with Gasteiger partial charge < -0.3 is 30.4 Å². The van der Waals surface area contributed by atoms with E-state index in [1.165, 1.54) is 0 Å². The lowest BCUT2D eigenvalue weighted by Crippen LogP contribution is -2.59. The Bertz CT molecular complexity index is 219. The van der Waals surface area contributed by atoms with E-state index in [4.69, 9.17) is 15.4 Å². The van der Waals surface area contributed by atoms with E-state index >= 15 is 0 Å². The van der Waals surface area contributed by atoms with Gasteiger partial charge in [0.25, 0.3) is 0 Å². The fourth-order valence-corrected chi connectivity index (χ4v) is 1.07. The molecule has 76 valence electrons. The molecule has 0 aromatic rings. The lowest BCUT2D eigenvalue weighted by molar-refractivity contribution is -0.214. The number of oxime groups is 1. The van der Waals surface area contributed by atoms with Gasteiger partial charge in [0.15, 0.2) is 0 Å². The molecule has 0 bridgehead atoms. The molecule has 3 atom stereocenters. The summed E-state index contributed by atoms with van der Waals surface area (Å²) in [5.41, 5.74) is -0.603. The van der Waals surface area contributed by atoms with Crippen LogP contribution in [0.4, 0.5) is 0 Å². The third-order valence-corrected chi connectivity index (χ3v) is 1.86. The molecule has 0 aromatic carbocycles. The van der Waals surface area contributed by atoms with Crippen molar-refractivity contribution in [3.8, 4) is 0 Å². The maximum Gasteiger partial charge on any atom is 0.236 e. The van der Waals surface area contributed by atoms with Gasteiger partial charge in [-0.3, -0.25) is 0 Å².